The summed E-state index contributed by atoms with van der Waals surface area (Å²) in [6, 6.07) is 12.3. The zero-order valence-electron chi connectivity index (χ0n) is 13.0. The molecule has 0 aliphatic rings. The van der Waals surface area contributed by atoms with Gasteiger partial charge in [0, 0.05) is 25.0 Å². The lowest BCUT2D eigenvalue weighted by molar-refractivity contribution is 0.174. The molecule has 112 valence electrons. The van der Waals surface area contributed by atoms with Gasteiger partial charge >= 0.3 is 0 Å². The Bertz CT molecular complexity index is 546. The molecule has 0 bridgehead atoms. The van der Waals surface area contributed by atoms with Crippen molar-refractivity contribution in [3.63, 3.8) is 0 Å². The first kappa shape index (κ1) is 15.7. The Morgan fingerprint density at radius 1 is 1.05 bits per heavy atom. The third-order valence-electron chi connectivity index (χ3n) is 3.63. The number of aliphatic hydroxyl groups excluding tert-OH is 1. The highest BCUT2D eigenvalue weighted by Gasteiger charge is 2.07. The van der Waals surface area contributed by atoms with E-state index in [1.54, 1.807) is 0 Å². The minimum atomic E-state index is -0.482. The van der Waals surface area contributed by atoms with Gasteiger partial charge in [-0.05, 0) is 35.6 Å². The minimum Gasteiger partial charge on any atom is -0.387 e. The molecule has 1 unspecified atom stereocenters. The van der Waals surface area contributed by atoms with E-state index in [9.17, 15) is 5.11 Å². The lowest BCUT2D eigenvalue weighted by atomic mass is 10.00. The number of hydrogen-bond donors (Lipinski definition) is 2. The number of benzene rings is 1. The Morgan fingerprint density at radius 2 is 1.71 bits per heavy atom. The van der Waals surface area contributed by atoms with E-state index in [1.807, 2.05) is 31.3 Å². The molecule has 2 N–H and O–H groups in total. The molecular weight excluding hydrogens is 260 g/mol. The highest BCUT2D eigenvalue weighted by atomic mass is 16.3. The van der Waals surface area contributed by atoms with Crippen LogP contribution in [0.5, 0.6) is 0 Å². The summed E-state index contributed by atoms with van der Waals surface area (Å²) in [6.07, 6.45) is 1.39. The maximum atomic E-state index is 10.2. The van der Waals surface area contributed by atoms with Crippen LogP contribution in [0.4, 0.5) is 0 Å². The first-order valence-corrected chi connectivity index (χ1v) is 7.46. The molecule has 0 saturated carbocycles. The number of aromatic nitrogens is 1. The summed E-state index contributed by atoms with van der Waals surface area (Å²) in [5, 5.41) is 13.5. The van der Waals surface area contributed by atoms with Gasteiger partial charge in [-0.1, -0.05) is 44.2 Å². The fourth-order valence-corrected chi connectivity index (χ4v) is 2.18. The number of rotatable bonds is 6. The van der Waals surface area contributed by atoms with Gasteiger partial charge < -0.3 is 10.4 Å². The summed E-state index contributed by atoms with van der Waals surface area (Å²) in [4.78, 5) is 4.26. The van der Waals surface area contributed by atoms with E-state index in [2.05, 4.69) is 42.3 Å². The second kappa shape index (κ2) is 7.34. The van der Waals surface area contributed by atoms with Crippen molar-refractivity contribution in [1.29, 1.82) is 0 Å². The monoisotopic (exact) mass is 284 g/mol. The zero-order valence-corrected chi connectivity index (χ0v) is 13.0. The standard InChI is InChI=1S/C18H24N2O/c1-13(2)16-6-8-17(9-7-16)18(21)12-19-10-15-5-4-14(3)20-11-15/h4-9,11,13,18-19,21H,10,12H2,1-3H3. The van der Waals surface area contributed by atoms with Gasteiger partial charge in [0.15, 0.2) is 0 Å². The van der Waals surface area contributed by atoms with Gasteiger partial charge in [0.05, 0.1) is 6.10 Å². The first-order valence-electron chi connectivity index (χ1n) is 7.46. The normalized spacial score (nSPS) is 12.6. The van der Waals surface area contributed by atoms with Crippen molar-refractivity contribution in [1.82, 2.24) is 10.3 Å². The van der Waals surface area contributed by atoms with Gasteiger partial charge in [0.2, 0.25) is 0 Å². The van der Waals surface area contributed by atoms with Gasteiger partial charge in [0.1, 0.15) is 0 Å². The molecule has 0 spiro atoms. The van der Waals surface area contributed by atoms with Crippen LogP contribution in [-0.4, -0.2) is 16.6 Å². The number of nitrogens with one attached hydrogen (secondary N) is 1. The fourth-order valence-electron chi connectivity index (χ4n) is 2.18. The third-order valence-corrected chi connectivity index (χ3v) is 3.63. The van der Waals surface area contributed by atoms with E-state index in [0.29, 0.717) is 19.0 Å². The van der Waals surface area contributed by atoms with Crippen molar-refractivity contribution in [2.45, 2.75) is 39.3 Å². The summed E-state index contributed by atoms with van der Waals surface area (Å²) >= 11 is 0. The molecule has 1 heterocycles. The van der Waals surface area contributed by atoms with Gasteiger partial charge in [0.25, 0.3) is 0 Å². The van der Waals surface area contributed by atoms with Crippen LogP contribution in [0, 0.1) is 6.92 Å². The summed E-state index contributed by atoms with van der Waals surface area (Å²) < 4.78 is 0. The van der Waals surface area contributed by atoms with Crippen LogP contribution in [0.2, 0.25) is 0 Å². The second-order valence-corrected chi connectivity index (χ2v) is 5.78. The van der Waals surface area contributed by atoms with Gasteiger partial charge in [-0.3, -0.25) is 4.98 Å². The third kappa shape index (κ3) is 4.66. The van der Waals surface area contributed by atoms with E-state index < -0.39 is 6.10 Å². The maximum absolute atomic E-state index is 10.2. The maximum Gasteiger partial charge on any atom is 0.0914 e. The molecule has 0 fully saturated rings. The molecule has 1 aromatic carbocycles. The first-order chi connectivity index (χ1) is 10.1. The largest absolute Gasteiger partial charge is 0.387 e. The van der Waals surface area contributed by atoms with Crippen LogP contribution in [0.3, 0.4) is 0 Å². The molecule has 0 aliphatic carbocycles. The van der Waals surface area contributed by atoms with Crippen LogP contribution in [0.25, 0.3) is 0 Å². The van der Waals surface area contributed by atoms with Crippen LogP contribution < -0.4 is 5.32 Å². The summed E-state index contributed by atoms with van der Waals surface area (Å²) in [6.45, 7) is 7.57. The SMILES string of the molecule is Cc1ccc(CNCC(O)c2ccc(C(C)C)cc2)cn1. The zero-order chi connectivity index (χ0) is 15.2. The van der Waals surface area contributed by atoms with Crippen LogP contribution >= 0.6 is 0 Å². The highest BCUT2D eigenvalue weighted by molar-refractivity contribution is 5.26. The molecule has 1 atom stereocenters. The average molecular weight is 284 g/mol. The van der Waals surface area contributed by atoms with E-state index in [1.165, 1.54) is 5.56 Å². The molecule has 2 aromatic rings. The lowest BCUT2D eigenvalue weighted by Crippen LogP contribution is -2.21. The molecule has 0 amide bonds. The lowest BCUT2D eigenvalue weighted by Gasteiger charge is -2.13. The molecule has 2 rings (SSSR count). The average Bonchev–Trinajstić information content (AvgIpc) is 2.49. The predicted octanol–water partition coefficient (Wildman–Crippen LogP) is 3.34. The van der Waals surface area contributed by atoms with Gasteiger partial charge in [-0.25, -0.2) is 0 Å². The molecule has 21 heavy (non-hydrogen) atoms. The van der Waals surface area contributed by atoms with Crippen molar-refractivity contribution >= 4 is 0 Å². The predicted molar refractivity (Wildman–Crippen MR) is 86.2 cm³/mol. The van der Waals surface area contributed by atoms with Crippen molar-refractivity contribution in [2.24, 2.45) is 0 Å². The van der Waals surface area contributed by atoms with Crippen molar-refractivity contribution in [3.8, 4) is 0 Å². The van der Waals surface area contributed by atoms with Crippen molar-refractivity contribution in [3.05, 3.63) is 65.0 Å². The smallest absolute Gasteiger partial charge is 0.0914 e. The Morgan fingerprint density at radius 3 is 2.29 bits per heavy atom. The van der Waals surface area contributed by atoms with E-state index >= 15 is 0 Å². The Labute approximate surface area is 127 Å². The Hall–Kier alpha value is -1.71. The fraction of sp³-hybridized carbons (Fsp3) is 0.389. The molecule has 0 saturated heterocycles. The van der Waals surface area contributed by atoms with Crippen LogP contribution in [-0.2, 0) is 6.54 Å². The molecule has 0 aliphatic heterocycles. The number of aryl methyl sites for hydroxylation is 1. The molecule has 3 nitrogen and oxygen atoms in total. The number of aliphatic hydroxyl groups is 1. The number of hydrogen-bond acceptors (Lipinski definition) is 3. The molecule has 0 radical (unpaired) electrons. The van der Waals surface area contributed by atoms with E-state index in [4.69, 9.17) is 0 Å². The Balaban J connectivity index is 1.83. The number of pyridine rings is 1. The topological polar surface area (TPSA) is 45.1 Å². The molecule has 3 heteroatoms. The van der Waals surface area contributed by atoms with E-state index in [-0.39, 0.29) is 0 Å². The summed E-state index contributed by atoms with van der Waals surface area (Å²) in [5.74, 6) is 0.517. The van der Waals surface area contributed by atoms with E-state index in [0.717, 1.165) is 16.8 Å². The van der Waals surface area contributed by atoms with Gasteiger partial charge in [-0.2, -0.15) is 0 Å². The molecule has 1 aromatic heterocycles. The minimum absolute atomic E-state index is 0.482. The van der Waals surface area contributed by atoms with Crippen molar-refractivity contribution in [2.75, 3.05) is 6.54 Å². The summed E-state index contributed by atoms with van der Waals surface area (Å²) in [7, 11) is 0. The highest BCUT2D eigenvalue weighted by Crippen LogP contribution is 2.18. The van der Waals surface area contributed by atoms with Crippen molar-refractivity contribution < 1.29 is 5.11 Å². The van der Waals surface area contributed by atoms with Crippen LogP contribution in [0.15, 0.2) is 42.6 Å². The molecular formula is C18H24N2O. The van der Waals surface area contributed by atoms with Crippen LogP contribution in [0.1, 0.15) is 48.3 Å². The quantitative estimate of drug-likeness (QED) is 0.855. The van der Waals surface area contributed by atoms with Gasteiger partial charge in [-0.15, -0.1) is 0 Å². The Kier molecular flexibility index (Phi) is 5.48. The summed E-state index contributed by atoms with van der Waals surface area (Å²) in [5.41, 5.74) is 4.39. The second-order valence-electron chi connectivity index (χ2n) is 5.78. The number of nitrogens with zero attached hydrogens (tertiary/aromatic N) is 1.